The van der Waals surface area contributed by atoms with E-state index in [0.717, 1.165) is 12.1 Å². The van der Waals surface area contributed by atoms with Crippen LogP contribution < -0.4 is 5.32 Å². The number of halogens is 4. The predicted octanol–water partition coefficient (Wildman–Crippen LogP) is 5.48. The lowest BCUT2D eigenvalue weighted by atomic mass is 9.99. The van der Waals surface area contributed by atoms with Gasteiger partial charge in [0.2, 0.25) is 0 Å². The van der Waals surface area contributed by atoms with E-state index in [1.165, 1.54) is 23.2 Å². The molecule has 214 valence electrons. The van der Waals surface area contributed by atoms with Crippen LogP contribution >= 0.6 is 11.6 Å². The van der Waals surface area contributed by atoms with Crippen LogP contribution in [0, 0.1) is 6.92 Å². The Labute approximate surface area is 243 Å². The minimum Gasteiger partial charge on any atom is -0.324 e. The van der Waals surface area contributed by atoms with Crippen molar-refractivity contribution in [1.82, 2.24) is 19.9 Å². The van der Waals surface area contributed by atoms with Crippen LogP contribution in [0.1, 0.15) is 48.8 Å². The van der Waals surface area contributed by atoms with Crippen molar-refractivity contribution >= 4 is 35.0 Å². The summed E-state index contributed by atoms with van der Waals surface area (Å²) in [6.45, 7) is 1.80. The van der Waals surface area contributed by atoms with Gasteiger partial charge in [-0.3, -0.25) is 24.4 Å². The lowest BCUT2D eigenvalue weighted by Crippen LogP contribution is -2.45. The maximum Gasteiger partial charge on any atom is 0.417 e. The van der Waals surface area contributed by atoms with Crippen LogP contribution in [-0.4, -0.2) is 43.5 Å². The lowest BCUT2D eigenvalue weighted by molar-refractivity contribution is -0.137. The summed E-state index contributed by atoms with van der Waals surface area (Å²) < 4.78 is 38.4. The largest absolute Gasteiger partial charge is 0.417 e. The third-order valence-electron chi connectivity index (χ3n) is 6.82. The Bertz CT molecular complexity index is 1660. The third kappa shape index (κ3) is 6.31. The zero-order valence-corrected chi connectivity index (χ0v) is 22.9. The molecular formula is C30H23ClF3N5O3. The molecule has 0 saturated carbocycles. The second kappa shape index (κ2) is 11.7. The Morgan fingerprint density at radius 3 is 2.52 bits per heavy atom. The highest BCUT2D eigenvalue weighted by Crippen LogP contribution is 2.30. The van der Waals surface area contributed by atoms with E-state index in [9.17, 15) is 27.6 Å². The topological polar surface area (TPSA) is 105 Å². The molecule has 3 aromatic heterocycles. The molecule has 1 unspecified atom stereocenters. The first-order valence-electron chi connectivity index (χ1n) is 12.8. The number of carbonyl (C=O) groups excluding carboxylic acids is 3. The quantitative estimate of drug-likeness (QED) is 0.317. The van der Waals surface area contributed by atoms with Crippen molar-refractivity contribution in [2.24, 2.45) is 0 Å². The zero-order chi connectivity index (χ0) is 30.0. The first-order valence-corrected chi connectivity index (χ1v) is 13.2. The highest BCUT2D eigenvalue weighted by atomic mass is 35.5. The van der Waals surface area contributed by atoms with Crippen LogP contribution in [-0.2, 0) is 30.4 Å². The summed E-state index contributed by atoms with van der Waals surface area (Å²) >= 11 is 6.43. The summed E-state index contributed by atoms with van der Waals surface area (Å²) in [7, 11) is 0. The van der Waals surface area contributed by atoms with Gasteiger partial charge in [-0.05, 0) is 60.5 Å². The Morgan fingerprint density at radius 1 is 1.05 bits per heavy atom. The molecule has 8 nitrogen and oxygen atoms in total. The molecule has 0 fully saturated rings. The highest BCUT2D eigenvalue weighted by Gasteiger charge is 2.36. The third-order valence-corrected chi connectivity index (χ3v) is 7.13. The van der Waals surface area contributed by atoms with Gasteiger partial charge in [0.15, 0.2) is 5.78 Å². The summed E-state index contributed by atoms with van der Waals surface area (Å²) in [5.74, 6) is -1.27. The number of aryl methyl sites for hydroxylation is 1. The average Bonchev–Trinajstić information content (AvgIpc) is 3.03. The first kappa shape index (κ1) is 28.9. The van der Waals surface area contributed by atoms with Gasteiger partial charge in [0, 0.05) is 49.4 Å². The van der Waals surface area contributed by atoms with Crippen LogP contribution in [0.15, 0.2) is 73.2 Å². The number of aromatic nitrogens is 3. The number of ketones is 1. The van der Waals surface area contributed by atoms with Gasteiger partial charge in [0.05, 0.1) is 27.8 Å². The smallest absolute Gasteiger partial charge is 0.324 e. The molecule has 0 spiro atoms. The number of rotatable bonds is 6. The number of pyridine rings is 3. The van der Waals surface area contributed by atoms with Crippen LogP contribution in [0.3, 0.4) is 0 Å². The Balaban J connectivity index is 1.40. The molecule has 1 N–H and O–H groups in total. The SMILES string of the molecule is Cc1cc2c(cn1)C(=O)N(Cc1ccc(C(=O)Nc3ccc(C(F)(F)F)cn3)c(Cl)c1)C(Cc1ccccn1)C(=O)C2. The number of nitrogens with zero attached hydrogens (tertiary/aromatic N) is 4. The van der Waals surface area contributed by atoms with Gasteiger partial charge in [-0.1, -0.05) is 23.7 Å². The zero-order valence-electron chi connectivity index (χ0n) is 22.2. The summed E-state index contributed by atoms with van der Waals surface area (Å²) in [5, 5.41) is 2.47. The monoisotopic (exact) mass is 593 g/mol. The number of carbonyl (C=O) groups is 3. The Morgan fingerprint density at radius 2 is 1.86 bits per heavy atom. The fraction of sp³-hybridized carbons (Fsp3) is 0.200. The fourth-order valence-electron chi connectivity index (χ4n) is 4.71. The van der Waals surface area contributed by atoms with Crippen molar-refractivity contribution in [3.8, 4) is 0 Å². The summed E-state index contributed by atoms with van der Waals surface area (Å²) in [6, 6.07) is 12.7. The van der Waals surface area contributed by atoms with Crippen molar-refractivity contribution in [2.45, 2.75) is 38.5 Å². The number of Topliss-reactive ketones (excluding diaryl/α,β-unsaturated/α-hetero) is 1. The molecule has 1 aliphatic rings. The number of hydrogen-bond acceptors (Lipinski definition) is 6. The molecule has 4 heterocycles. The van der Waals surface area contributed by atoms with E-state index < -0.39 is 23.7 Å². The standard InChI is InChI=1S/C30H23ClF3N5O3/c1-17-10-19-12-26(40)25(13-21-4-2-3-9-35-21)39(29(42)23(19)15-36-17)16-18-5-7-22(24(31)11-18)28(41)38-27-8-6-20(14-37-27)30(32,33)34/h2-11,14-15,25H,12-13,16H2,1H3,(H,37,38,41). The van der Waals surface area contributed by atoms with E-state index in [4.69, 9.17) is 11.6 Å². The molecular weight excluding hydrogens is 571 g/mol. The van der Waals surface area contributed by atoms with E-state index >= 15 is 0 Å². The molecule has 5 rings (SSSR count). The van der Waals surface area contributed by atoms with Gasteiger partial charge in [-0.2, -0.15) is 13.2 Å². The van der Waals surface area contributed by atoms with Crippen LogP contribution in [0.25, 0.3) is 0 Å². The minimum atomic E-state index is -4.55. The summed E-state index contributed by atoms with van der Waals surface area (Å²) in [4.78, 5) is 53.8. The summed E-state index contributed by atoms with van der Waals surface area (Å²) in [5.41, 5.74) is 1.94. The maximum atomic E-state index is 13.8. The molecule has 1 aromatic carbocycles. The van der Waals surface area contributed by atoms with Gasteiger partial charge in [0.25, 0.3) is 11.8 Å². The van der Waals surface area contributed by atoms with Crippen molar-refractivity contribution in [3.05, 3.63) is 117 Å². The van der Waals surface area contributed by atoms with Crippen molar-refractivity contribution in [3.63, 3.8) is 0 Å². The van der Waals surface area contributed by atoms with Crippen LogP contribution in [0.5, 0.6) is 0 Å². The van der Waals surface area contributed by atoms with Crippen LogP contribution in [0.4, 0.5) is 19.0 Å². The molecule has 0 radical (unpaired) electrons. The average molecular weight is 594 g/mol. The fourth-order valence-corrected chi connectivity index (χ4v) is 5.00. The number of hydrogen-bond donors (Lipinski definition) is 1. The number of amides is 2. The van der Waals surface area contributed by atoms with Crippen molar-refractivity contribution in [1.29, 1.82) is 0 Å². The molecule has 1 aliphatic heterocycles. The molecule has 2 amide bonds. The molecule has 0 aliphatic carbocycles. The van der Waals surface area contributed by atoms with Crippen LogP contribution in [0.2, 0.25) is 5.02 Å². The maximum absolute atomic E-state index is 13.8. The molecule has 42 heavy (non-hydrogen) atoms. The summed E-state index contributed by atoms with van der Waals surface area (Å²) in [6.07, 6.45) is -0.560. The Hall–Kier alpha value is -4.64. The van der Waals surface area contributed by atoms with E-state index in [1.807, 2.05) is 0 Å². The molecule has 0 saturated heterocycles. The van der Waals surface area contributed by atoms with E-state index in [2.05, 4.69) is 20.3 Å². The molecule has 4 aromatic rings. The Kier molecular flexibility index (Phi) is 8.04. The molecule has 1 atom stereocenters. The number of alkyl halides is 3. The van der Waals surface area contributed by atoms with Gasteiger partial charge in [-0.25, -0.2) is 4.98 Å². The minimum absolute atomic E-state index is 0.0114. The van der Waals surface area contributed by atoms with Gasteiger partial charge >= 0.3 is 6.18 Å². The van der Waals surface area contributed by atoms with E-state index in [1.54, 1.807) is 43.5 Å². The number of fused-ring (bicyclic) bond motifs is 1. The van der Waals surface area contributed by atoms with Crippen molar-refractivity contribution in [2.75, 3.05) is 5.32 Å². The van der Waals surface area contributed by atoms with E-state index in [-0.39, 0.29) is 47.5 Å². The highest BCUT2D eigenvalue weighted by molar-refractivity contribution is 6.34. The number of benzene rings is 1. The van der Waals surface area contributed by atoms with Crippen molar-refractivity contribution < 1.29 is 27.6 Å². The van der Waals surface area contributed by atoms with Gasteiger partial charge in [-0.15, -0.1) is 0 Å². The van der Waals surface area contributed by atoms with Gasteiger partial charge < -0.3 is 10.2 Å². The normalized spacial score (nSPS) is 15.3. The lowest BCUT2D eigenvalue weighted by Gasteiger charge is -2.29. The first-order chi connectivity index (χ1) is 20.0. The second-order valence-electron chi connectivity index (χ2n) is 9.80. The van der Waals surface area contributed by atoms with Gasteiger partial charge in [0.1, 0.15) is 5.82 Å². The number of nitrogens with one attached hydrogen (secondary N) is 1. The number of anilines is 1. The van der Waals surface area contributed by atoms with E-state index in [0.29, 0.717) is 34.3 Å². The molecule has 0 bridgehead atoms. The predicted molar refractivity (Wildman–Crippen MR) is 148 cm³/mol. The second-order valence-corrected chi connectivity index (χ2v) is 10.2. The molecule has 12 heteroatoms.